The van der Waals surface area contributed by atoms with E-state index in [9.17, 15) is 32.7 Å². The molecule has 13 heteroatoms. The van der Waals surface area contributed by atoms with Gasteiger partial charge in [0.25, 0.3) is 17.4 Å². The smallest absolute Gasteiger partial charge is 0.380 e. The molecule has 3 aliphatic rings. The lowest BCUT2D eigenvalue weighted by molar-refractivity contribution is -0.262. The van der Waals surface area contributed by atoms with Crippen LogP contribution in [0.5, 0.6) is 0 Å². The van der Waals surface area contributed by atoms with Gasteiger partial charge < -0.3 is 25.1 Å². The zero-order valence-electron chi connectivity index (χ0n) is 23.8. The highest BCUT2D eigenvalue weighted by atomic mass is 35.5. The normalized spacial score (nSPS) is 20.4. The van der Waals surface area contributed by atoms with Crippen molar-refractivity contribution in [3.05, 3.63) is 64.7 Å². The van der Waals surface area contributed by atoms with Crippen molar-refractivity contribution in [3.63, 3.8) is 0 Å². The highest BCUT2D eigenvalue weighted by Gasteiger charge is 2.62. The summed E-state index contributed by atoms with van der Waals surface area (Å²) in [7, 11) is 0. The standard InChI is InChI=1S/C30H35ClF3N5O4/c1-20(40)36-13-15-37(16-14-36)27(41)25-8-7-22(17-26(25)31)35-23-18-39(19-23)24-9-11-38(12-10-24)28(42)29(43,30(32,33)34)21-5-3-2-4-6-21/h2-8,17,23-24,35,43H,9-16,18-19H2,1H3/t29-/m1/s1. The molecular weight excluding hydrogens is 587 g/mol. The van der Waals surface area contributed by atoms with E-state index in [-0.39, 0.29) is 37.0 Å². The number of benzene rings is 2. The first kappa shape index (κ1) is 31.1. The Labute approximate surface area is 253 Å². The average molecular weight is 622 g/mol. The Morgan fingerprint density at radius 1 is 0.884 bits per heavy atom. The Morgan fingerprint density at radius 3 is 2.05 bits per heavy atom. The number of likely N-dealkylation sites (tertiary alicyclic amines) is 2. The van der Waals surface area contributed by atoms with Gasteiger partial charge in [0.1, 0.15) is 0 Å². The van der Waals surface area contributed by atoms with Crippen molar-refractivity contribution in [2.75, 3.05) is 57.7 Å². The van der Waals surface area contributed by atoms with Gasteiger partial charge in [0, 0.05) is 76.6 Å². The fourth-order valence-electron chi connectivity index (χ4n) is 6.06. The fraction of sp³-hybridized carbons (Fsp3) is 0.500. The van der Waals surface area contributed by atoms with Crippen molar-refractivity contribution in [1.29, 1.82) is 0 Å². The zero-order valence-corrected chi connectivity index (χ0v) is 24.6. The Balaban J connectivity index is 1.10. The van der Waals surface area contributed by atoms with E-state index in [1.54, 1.807) is 21.9 Å². The molecule has 3 fully saturated rings. The topological polar surface area (TPSA) is 96.4 Å². The minimum Gasteiger partial charge on any atom is -0.380 e. The molecule has 0 radical (unpaired) electrons. The van der Waals surface area contributed by atoms with Gasteiger partial charge >= 0.3 is 6.18 Å². The molecule has 0 spiro atoms. The van der Waals surface area contributed by atoms with Gasteiger partial charge in [-0.05, 0) is 31.0 Å². The lowest BCUT2D eigenvalue weighted by Crippen LogP contribution is -2.62. The third kappa shape index (κ3) is 6.32. The summed E-state index contributed by atoms with van der Waals surface area (Å²) in [6.07, 6.45) is -4.15. The molecule has 9 nitrogen and oxygen atoms in total. The molecule has 5 rings (SSSR count). The van der Waals surface area contributed by atoms with E-state index in [2.05, 4.69) is 10.2 Å². The predicted octanol–water partition coefficient (Wildman–Crippen LogP) is 3.18. The van der Waals surface area contributed by atoms with Gasteiger partial charge in [0.15, 0.2) is 0 Å². The first-order valence-corrected chi connectivity index (χ1v) is 14.7. The van der Waals surface area contributed by atoms with Crippen molar-refractivity contribution < 1.29 is 32.7 Å². The van der Waals surface area contributed by atoms with E-state index in [4.69, 9.17) is 11.6 Å². The summed E-state index contributed by atoms with van der Waals surface area (Å²) in [4.78, 5) is 44.3. The summed E-state index contributed by atoms with van der Waals surface area (Å²) in [5.41, 5.74) is -2.89. The number of nitrogens with zero attached hydrogens (tertiary/aromatic N) is 4. The summed E-state index contributed by atoms with van der Waals surface area (Å²) in [6.45, 7) is 5.09. The molecule has 1 atom stereocenters. The highest BCUT2D eigenvalue weighted by molar-refractivity contribution is 6.34. The highest BCUT2D eigenvalue weighted by Crippen LogP contribution is 2.41. The number of halogens is 4. The number of hydrogen-bond donors (Lipinski definition) is 2. The molecule has 232 valence electrons. The second-order valence-electron chi connectivity index (χ2n) is 11.4. The van der Waals surface area contributed by atoms with Crippen LogP contribution in [-0.4, -0.2) is 113 Å². The third-order valence-corrected chi connectivity index (χ3v) is 8.98. The molecule has 3 amide bonds. The van der Waals surface area contributed by atoms with Crippen LogP contribution in [0.1, 0.15) is 35.7 Å². The van der Waals surface area contributed by atoms with Crippen molar-refractivity contribution >= 4 is 35.0 Å². The number of aliphatic hydroxyl groups is 1. The molecule has 3 heterocycles. The molecular formula is C30H35ClF3N5O4. The first-order chi connectivity index (χ1) is 20.4. The number of carbonyl (C=O) groups excluding carboxylic acids is 3. The van der Waals surface area contributed by atoms with Crippen LogP contribution in [0.4, 0.5) is 18.9 Å². The van der Waals surface area contributed by atoms with E-state index < -0.39 is 23.2 Å². The van der Waals surface area contributed by atoms with Gasteiger partial charge in [0.05, 0.1) is 16.6 Å². The fourth-order valence-corrected chi connectivity index (χ4v) is 6.32. The largest absolute Gasteiger partial charge is 0.430 e. The number of carbonyl (C=O) groups is 3. The van der Waals surface area contributed by atoms with Crippen LogP contribution in [0.25, 0.3) is 0 Å². The van der Waals surface area contributed by atoms with Gasteiger partial charge in [-0.25, -0.2) is 0 Å². The van der Waals surface area contributed by atoms with Crippen LogP contribution in [0.15, 0.2) is 48.5 Å². The predicted molar refractivity (Wildman–Crippen MR) is 155 cm³/mol. The molecule has 43 heavy (non-hydrogen) atoms. The third-order valence-electron chi connectivity index (χ3n) is 8.67. The maximum absolute atomic E-state index is 13.9. The number of rotatable bonds is 6. The number of amides is 3. The van der Waals surface area contributed by atoms with E-state index in [1.807, 2.05) is 6.07 Å². The number of anilines is 1. The Morgan fingerprint density at radius 2 is 1.49 bits per heavy atom. The van der Waals surface area contributed by atoms with E-state index in [1.165, 1.54) is 25.1 Å². The number of piperidine rings is 1. The number of alkyl halides is 3. The van der Waals surface area contributed by atoms with Crippen LogP contribution in [-0.2, 0) is 15.2 Å². The second-order valence-corrected chi connectivity index (χ2v) is 11.8. The molecule has 0 aliphatic carbocycles. The van der Waals surface area contributed by atoms with Gasteiger partial charge in [-0.15, -0.1) is 0 Å². The molecule has 0 bridgehead atoms. The van der Waals surface area contributed by atoms with Crippen molar-refractivity contribution in [3.8, 4) is 0 Å². The zero-order chi connectivity index (χ0) is 30.9. The quantitative estimate of drug-likeness (QED) is 0.515. The van der Waals surface area contributed by atoms with Crippen LogP contribution in [0, 0.1) is 0 Å². The van der Waals surface area contributed by atoms with Crippen LogP contribution >= 0.6 is 11.6 Å². The van der Waals surface area contributed by atoms with Gasteiger partial charge in [-0.3, -0.25) is 19.3 Å². The lowest BCUT2D eigenvalue weighted by atomic mass is 9.89. The minimum atomic E-state index is -5.15. The number of nitrogens with one attached hydrogen (secondary N) is 1. The van der Waals surface area contributed by atoms with Gasteiger partial charge in [0.2, 0.25) is 5.91 Å². The molecule has 2 aromatic carbocycles. The van der Waals surface area contributed by atoms with Crippen LogP contribution in [0.2, 0.25) is 5.02 Å². The van der Waals surface area contributed by atoms with Crippen molar-refractivity contribution in [1.82, 2.24) is 19.6 Å². The van der Waals surface area contributed by atoms with Gasteiger partial charge in [-0.1, -0.05) is 41.9 Å². The Bertz CT molecular complexity index is 1340. The maximum atomic E-state index is 13.9. The Hall–Kier alpha value is -3.35. The van der Waals surface area contributed by atoms with Crippen molar-refractivity contribution in [2.45, 2.75) is 43.6 Å². The summed E-state index contributed by atoms with van der Waals surface area (Å²) >= 11 is 6.47. The van der Waals surface area contributed by atoms with Crippen LogP contribution < -0.4 is 5.32 Å². The summed E-state index contributed by atoms with van der Waals surface area (Å²) in [5, 5.41) is 14.4. The van der Waals surface area contributed by atoms with Crippen LogP contribution in [0.3, 0.4) is 0 Å². The molecule has 3 saturated heterocycles. The van der Waals surface area contributed by atoms with E-state index in [0.717, 1.165) is 22.7 Å². The van der Waals surface area contributed by atoms with E-state index in [0.29, 0.717) is 62.7 Å². The number of hydrogen-bond acceptors (Lipinski definition) is 6. The SMILES string of the molecule is CC(=O)N1CCN(C(=O)c2ccc(NC3CN(C4CCN(C(=O)[C@](O)(c5ccccc5)C(F)(F)F)CC4)C3)cc2Cl)CC1. The summed E-state index contributed by atoms with van der Waals surface area (Å²) in [5.74, 6) is -1.52. The minimum absolute atomic E-state index is 0.00629. The molecule has 3 aliphatic heterocycles. The Kier molecular flexibility index (Phi) is 8.92. The molecule has 2 aromatic rings. The van der Waals surface area contributed by atoms with Crippen molar-refractivity contribution in [2.24, 2.45) is 0 Å². The first-order valence-electron chi connectivity index (χ1n) is 14.4. The molecule has 0 unspecified atom stereocenters. The second kappa shape index (κ2) is 12.3. The van der Waals surface area contributed by atoms with Gasteiger partial charge in [-0.2, -0.15) is 13.2 Å². The summed E-state index contributed by atoms with van der Waals surface area (Å²) < 4.78 is 41.8. The maximum Gasteiger partial charge on any atom is 0.430 e. The molecule has 0 saturated carbocycles. The lowest BCUT2D eigenvalue weighted by Gasteiger charge is -2.48. The average Bonchev–Trinajstić information content (AvgIpc) is 2.97. The summed E-state index contributed by atoms with van der Waals surface area (Å²) in [6, 6.07) is 12.0. The number of piperazine rings is 1. The monoisotopic (exact) mass is 621 g/mol. The molecule has 0 aromatic heterocycles. The van der Waals surface area contributed by atoms with E-state index >= 15 is 0 Å². The molecule has 2 N–H and O–H groups in total.